The van der Waals surface area contributed by atoms with Crippen LogP contribution in [0.3, 0.4) is 0 Å². The Morgan fingerprint density at radius 1 is 0.700 bits per heavy atom. The van der Waals surface area contributed by atoms with Gasteiger partial charge >= 0.3 is 0 Å². The van der Waals surface area contributed by atoms with Gasteiger partial charge in [0, 0.05) is 0 Å². The Balaban J connectivity index is 3.29. The van der Waals surface area contributed by atoms with Crippen LogP contribution in [-0.4, -0.2) is 15.8 Å². The van der Waals surface area contributed by atoms with Gasteiger partial charge in [0.25, 0.3) is 0 Å². The molecule has 4 unspecified atom stereocenters. The SMILES string of the molecule is ClN1P(Cl)N=P(Cl)(Cl)N(Cl)P(Cl)N(Cl)P(Cl)N(Cl)P1Cl. The van der Waals surface area contributed by atoms with Crippen LogP contribution in [0.4, 0.5) is 0 Å². The van der Waals surface area contributed by atoms with Crippen LogP contribution in [0.1, 0.15) is 0 Å². The van der Waals surface area contributed by atoms with E-state index in [2.05, 4.69) is 4.52 Å². The molecule has 0 radical (unpaired) electrons. The maximum Gasteiger partial charge on any atom is 0.231 e. The predicted molar refractivity (Wildman–Crippen MR) is 103 cm³/mol. The van der Waals surface area contributed by atoms with Crippen LogP contribution in [0, 0.1) is 0 Å². The van der Waals surface area contributed by atoms with Gasteiger partial charge < -0.3 is 0 Å². The summed E-state index contributed by atoms with van der Waals surface area (Å²) in [6.07, 6.45) is 0. The molecule has 0 aliphatic carbocycles. The second kappa shape index (κ2) is 9.58. The molecule has 0 bridgehead atoms. The molecule has 1 aliphatic rings. The van der Waals surface area contributed by atoms with E-state index >= 15 is 0 Å². The first kappa shape index (κ1) is 22.7. The van der Waals surface area contributed by atoms with Crippen LogP contribution in [0.25, 0.3) is 0 Å². The Kier molecular flexibility index (Phi) is 10.9. The number of hydrogen-bond donors (Lipinski definition) is 0. The molecule has 20 heavy (non-hydrogen) atoms. The maximum atomic E-state index is 6.09. The molecule has 120 valence electrons. The number of hydrogen-bond acceptors (Lipinski definition) is 5. The van der Waals surface area contributed by atoms with Gasteiger partial charge in [-0.3, -0.25) is 0 Å². The van der Waals surface area contributed by atoms with Gasteiger partial charge in [0.05, 0.1) is 0 Å². The average molecular weight is 579 g/mol. The third-order valence-electron chi connectivity index (χ3n) is 1.33. The Morgan fingerprint density at radius 3 is 1.60 bits per heavy atom. The number of nitrogens with zero attached hydrogens (tertiary/aromatic N) is 5. The lowest BCUT2D eigenvalue weighted by Crippen LogP contribution is -2.11. The molecule has 0 fully saturated rings. The first-order chi connectivity index (χ1) is 9.00. The smallest absolute Gasteiger partial charge is 0.201 e. The van der Waals surface area contributed by atoms with Crippen molar-refractivity contribution in [1.29, 1.82) is 0 Å². The normalized spacial score (nSPS) is 39.5. The summed E-state index contributed by atoms with van der Waals surface area (Å²) in [6, 6.07) is 0. The summed E-state index contributed by atoms with van der Waals surface area (Å²) in [5.74, 6) is -3.25. The van der Waals surface area contributed by atoms with Crippen LogP contribution in [-0.2, 0) is 0 Å². The van der Waals surface area contributed by atoms with Crippen LogP contribution in [0.2, 0.25) is 0 Å². The molecule has 0 saturated carbocycles. The molecule has 1 aliphatic heterocycles. The molecule has 0 aromatic carbocycles. The molecule has 0 amide bonds. The van der Waals surface area contributed by atoms with Crippen molar-refractivity contribution in [1.82, 2.24) is 15.8 Å². The predicted octanol–water partition coefficient (Wildman–Crippen LogP) is 10.1. The molecule has 0 saturated heterocycles. The second-order valence-corrected chi connectivity index (χ2v) is 20.7. The third kappa shape index (κ3) is 5.59. The highest BCUT2D eigenvalue weighted by molar-refractivity contribution is 8.17. The van der Waals surface area contributed by atoms with Gasteiger partial charge in [-0.05, 0) is 80.8 Å². The van der Waals surface area contributed by atoms with Crippen molar-refractivity contribution < 1.29 is 0 Å². The topological polar surface area (TPSA) is 25.3 Å². The Morgan fingerprint density at radius 2 is 1.10 bits per heavy atom. The van der Waals surface area contributed by atoms with E-state index in [9.17, 15) is 0 Å². The van der Waals surface area contributed by atoms with Gasteiger partial charge in [-0.2, -0.15) is 0 Å². The summed E-state index contributed by atoms with van der Waals surface area (Å²) >= 11 is 60.2. The minimum Gasteiger partial charge on any atom is -0.201 e. The van der Waals surface area contributed by atoms with Gasteiger partial charge in [0.1, 0.15) is 0 Å². The van der Waals surface area contributed by atoms with Crippen molar-refractivity contribution >= 4 is 151 Å². The van der Waals surface area contributed by atoms with Gasteiger partial charge in [0.15, 0.2) is 22.7 Å². The molecule has 4 atom stereocenters. The minimum atomic E-state index is -3.25. The molecular formula is Cl10N5P5. The molecule has 0 aromatic rings. The molecule has 0 N–H and O–H groups in total. The standard InChI is InChI=1S/Cl10N5P5/c1-12-16(5)11-20(9,10)15(4)19(8)14(3)18(7)13(2)17(12)6. The molecule has 1 rings (SSSR count). The first-order valence-electron chi connectivity index (χ1n) is 3.69. The fraction of sp³-hybridized carbons (Fsp3) is 0. The summed E-state index contributed by atoms with van der Waals surface area (Å²) in [5, 5.41) is 0. The van der Waals surface area contributed by atoms with E-state index in [-0.39, 0.29) is 0 Å². The Hall–Kier alpha value is 4.69. The zero-order valence-electron chi connectivity index (χ0n) is 8.25. The van der Waals surface area contributed by atoms with Gasteiger partial charge in [-0.15, -0.1) is 15.8 Å². The number of rotatable bonds is 0. The van der Waals surface area contributed by atoms with Gasteiger partial charge in [-0.1, -0.05) is 33.7 Å². The quantitative estimate of drug-likeness (QED) is 0.211. The lowest BCUT2D eigenvalue weighted by atomic mass is 13.7. The van der Waals surface area contributed by atoms with Crippen LogP contribution in [0.5, 0.6) is 0 Å². The summed E-state index contributed by atoms with van der Waals surface area (Å²) in [6.45, 7) is 0. The summed E-state index contributed by atoms with van der Waals surface area (Å²) < 4.78 is 7.74. The first-order valence-corrected chi connectivity index (χ1v) is 17.2. The molecule has 0 aromatic heterocycles. The van der Waals surface area contributed by atoms with Crippen LogP contribution < -0.4 is 0 Å². The minimum absolute atomic E-state index is 0.868. The lowest BCUT2D eigenvalue weighted by Gasteiger charge is -2.36. The zero-order chi connectivity index (χ0) is 15.8. The molecule has 1 heterocycles. The van der Waals surface area contributed by atoms with Crippen molar-refractivity contribution in [3.63, 3.8) is 0 Å². The third-order valence-corrected chi connectivity index (χ3v) is 23.9. The van der Waals surface area contributed by atoms with E-state index in [1.54, 1.807) is 0 Å². The largest absolute Gasteiger partial charge is 0.231 e. The lowest BCUT2D eigenvalue weighted by molar-refractivity contribution is 0.990. The van der Waals surface area contributed by atoms with Crippen LogP contribution in [0.15, 0.2) is 4.52 Å². The highest BCUT2D eigenvalue weighted by Crippen LogP contribution is 2.85. The van der Waals surface area contributed by atoms with E-state index < -0.39 is 36.2 Å². The highest BCUT2D eigenvalue weighted by atomic mass is 35.9. The van der Waals surface area contributed by atoms with Crippen molar-refractivity contribution in [3.8, 4) is 0 Å². The average Bonchev–Trinajstić information content (AvgIpc) is 2.39. The summed E-state index contributed by atoms with van der Waals surface area (Å²) in [7, 11) is -7.50. The number of halogens is 10. The van der Waals surface area contributed by atoms with E-state index in [1.807, 2.05) is 0 Å². The maximum absolute atomic E-state index is 6.09. The van der Waals surface area contributed by atoms with E-state index in [0.29, 0.717) is 0 Å². The molecule has 0 spiro atoms. The summed E-state index contributed by atoms with van der Waals surface area (Å²) in [5.41, 5.74) is 0. The van der Waals surface area contributed by atoms with Gasteiger partial charge in [0.2, 0.25) is 13.5 Å². The molecule has 20 heteroatoms. The fourth-order valence-corrected chi connectivity index (χ4v) is 19.7. The molecular weight excluding hydrogens is 579 g/mol. The van der Waals surface area contributed by atoms with Crippen molar-refractivity contribution in [2.24, 2.45) is 4.52 Å². The van der Waals surface area contributed by atoms with Crippen molar-refractivity contribution in [2.45, 2.75) is 0 Å². The fourth-order valence-electron chi connectivity index (χ4n) is 0.609. The Bertz CT molecular complexity index is 388. The molecule has 5 nitrogen and oxygen atoms in total. The van der Waals surface area contributed by atoms with Crippen molar-refractivity contribution in [3.05, 3.63) is 0 Å². The van der Waals surface area contributed by atoms with E-state index in [0.717, 1.165) is 15.8 Å². The monoisotopic (exact) mass is 575 g/mol. The van der Waals surface area contributed by atoms with Gasteiger partial charge in [-0.25, -0.2) is 4.52 Å². The van der Waals surface area contributed by atoms with Crippen molar-refractivity contribution in [2.75, 3.05) is 0 Å². The summed E-state index contributed by atoms with van der Waals surface area (Å²) in [4.78, 5) is 0. The second-order valence-electron chi connectivity index (χ2n) is 2.47. The Labute approximate surface area is 169 Å². The zero-order valence-corrected chi connectivity index (χ0v) is 20.3. The highest BCUT2D eigenvalue weighted by Gasteiger charge is 2.44. The van der Waals surface area contributed by atoms with E-state index in [1.165, 1.54) is 0 Å². The van der Waals surface area contributed by atoms with E-state index in [4.69, 9.17) is 115 Å². The van der Waals surface area contributed by atoms with Crippen LogP contribution >= 0.6 is 151 Å².